The van der Waals surface area contributed by atoms with Crippen molar-refractivity contribution in [3.05, 3.63) is 65.7 Å². The highest BCUT2D eigenvalue weighted by Crippen LogP contribution is 2.16. The van der Waals surface area contributed by atoms with Crippen molar-refractivity contribution in [1.29, 1.82) is 0 Å². The Kier molecular flexibility index (Phi) is 6.75. The SMILES string of the molecule is Cl.c1ccc(Cc2ccc(OC[C@H]3CCCCN3)cc2)cc1. The number of ether oxygens (including phenoxy) is 1. The van der Waals surface area contributed by atoms with E-state index in [0.717, 1.165) is 25.3 Å². The van der Waals surface area contributed by atoms with E-state index in [1.54, 1.807) is 0 Å². The number of halogens is 1. The van der Waals surface area contributed by atoms with Gasteiger partial charge in [0.1, 0.15) is 12.4 Å². The van der Waals surface area contributed by atoms with Crippen LogP contribution in [0.4, 0.5) is 0 Å². The molecule has 0 aliphatic carbocycles. The molecule has 118 valence electrons. The first-order chi connectivity index (χ1) is 10.4. The van der Waals surface area contributed by atoms with E-state index in [1.807, 2.05) is 0 Å². The second kappa shape index (κ2) is 8.82. The van der Waals surface area contributed by atoms with Gasteiger partial charge in [-0.15, -0.1) is 12.4 Å². The molecule has 1 heterocycles. The zero-order valence-electron chi connectivity index (χ0n) is 12.8. The molecule has 2 aromatic rings. The lowest BCUT2D eigenvalue weighted by atomic mass is 10.0. The standard InChI is InChI=1S/C19H23NO.ClH/c1-2-6-16(7-3-1)14-17-9-11-19(12-10-17)21-15-18-8-4-5-13-20-18;/h1-3,6-7,9-12,18,20H,4-5,8,13-15H2;1H/t18-;/m1./s1. The molecule has 1 fully saturated rings. The number of rotatable bonds is 5. The van der Waals surface area contributed by atoms with E-state index in [1.165, 1.54) is 30.4 Å². The largest absolute Gasteiger partial charge is 0.492 e. The molecule has 0 amide bonds. The Morgan fingerprint density at radius 3 is 2.32 bits per heavy atom. The number of nitrogens with one attached hydrogen (secondary N) is 1. The summed E-state index contributed by atoms with van der Waals surface area (Å²) in [6.45, 7) is 1.90. The average molecular weight is 318 g/mol. The Morgan fingerprint density at radius 1 is 0.909 bits per heavy atom. The third-order valence-electron chi connectivity index (χ3n) is 4.04. The molecule has 0 bridgehead atoms. The molecule has 1 saturated heterocycles. The van der Waals surface area contributed by atoms with Crippen molar-refractivity contribution < 1.29 is 4.74 Å². The second-order valence-electron chi connectivity index (χ2n) is 5.76. The van der Waals surface area contributed by atoms with Gasteiger partial charge in [0.05, 0.1) is 0 Å². The van der Waals surface area contributed by atoms with Crippen LogP contribution >= 0.6 is 12.4 Å². The second-order valence-corrected chi connectivity index (χ2v) is 5.76. The molecule has 1 N–H and O–H groups in total. The molecule has 0 saturated carbocycles. The third kappa shape index (κ3) is 5.04. The van der Waals surface area contributed by atoms with E-state index in [2.05, 4.69) is 59.9 Å². The molecule has 1 atom stereocenters. The van der Waals surface area contributed by atoms with Gasteiger partial charge in [0, 0.05) is 6.04 Å². The highest BCUT2D eigenvalue weighted by Gasteiger charge is 2.12. The maximum absolute atomic E-state index is 5.89. The summed E-state index contributed by atoms with van der Waals surface area (Å²) in [4.78, 5) is 0. The van der Waals surface area contributed by atoms with E-state index in [0.29, 0.717) is 6.04 Å². The van der Waals surface area contributed by atoms with Crippen LogP contribution in [0, 0.1) is 0 Å². The molecule has 22 heavy (non-hydrogen) atoms. The third-order valence-corrected chi connectivity index (χ3v) is 4.04. The van der Waals surface area contributed by atoms with Gasteiger partial charge in [0.15, 0.2) is 0 Å². The van der Waals surface area contributed by atoms with Gasteiger partial charge in [-0.3, -0.25) is 0 Å². The van der Waals surface area contributed by atoms with Crippen molar-refractivity contribution in [3.8, 4) is 5.75 Å². The van der Waals surface area contributed by atoms with E-state index >= 15 is 0 Å². The van der Waals surface area contributed by atoms with E-state index in [4.69, 9.17) is 4.74 Å². The van der Waals surface area contributed by atoms with Gasteiger partial charge in [-0.2, -0.15) is 0 Å². The van der Waals surface area contributed by atoms with Crippen molar-refractivity contribution in [2.75, 3.05) is 13.2 Å². The summed E-state index contributed by atoms with van der Waals surface area (Å²) in [6.07, 6.45) is 4.82. The Balaban J connectivity index is 0.00000176. The number of hydrogen-bond acceptors (Lipinski definition) is 2. The van der Waals surface area contributed by atoms with E-state index < -0.39 is 0 Å². The van der Waals surface area contributed by atoms with Gasteiger partial charge in [0.25, 0.3) is 0 Å². The fourth-order valence-electron chi connectivity index (χ4n) is 2.80. The first-order valence-electron chi connectivity index (χ1n) is 7.89. The number of hydrogen-bond donors (Lipinski definition) is 1. The highest BCUT2D eigenvalue weighted by atomic mass is 35.5. The van der Waals surface area contributed by atoms with Crippen molar-refractivity contribution in [1.82, 2.24) is 5.32 Å². The summed E-state index contributed by atoms with van der Waals surface area (Å²) in [7, 11) is 0. The maximum atomic E-state index is 5.89. The maximum Gasteiger partial charge on any atom is 0.119 e. The van der Waals surface area contributed by atoms with Crippen LogP contribution in [0.3, 0.4) is 0 Å². The zero-order chi connectivity index (χ0) is 14.3. The van der Waals surface area contributed by atoms with Crippen LogP contribution in [0.2, 0.25) is 0 Å². The molecule has 0 aromatic heterocycles. The lowest BCUT2D eigenvalue weighted by Gasteiger charge is -2.23. The smallest absolute Gasteiger partial charge is 0.119 e. The summed E-state index contributed by atoms with van der Waals surface area (Å²) in [6, 6.07) is 19.6. The predicted molar refractivity (Wildman–Crippen MR) is 94.1 cm³/mol. The lowest BCUT2D eigenvalue weighted by Crippen LogP contribution is -2.38. The molecule has 2 aromatic carbocycles. The fraction of sp³-hybridized carbons (Fsp3) is 0.368. The van der Waals surface area contributed by atoms with Crippen LogP contribution in [0.15, 0.2) is 54.6 Å². The summed E-state index contributed by atoms with van der Waals surface area (Å²) in [5, 5.41) is 3.51. The molecule has 0 radical (unpaired) electrons. The van der Waals surface area contributed by atoms with Gasteiger partial charge < -0.3 is 10.1 Å². The Bertz CT molecular complexity index is 535. The quantitative estimate of drug-likeness (QED) is 0.891. The Hall–Kier alpha value is -1.51. The van der Waals surface area contributed by atoms with Crippen LogP contribution in [0.5, 0.6) is 5.75 Å². The van der Waals surface area contributed by atoms with Crippen LogP contribution < -0.4 is 10.1 Å². The van der Waals surface area contributed by atoms with Gasteiger partial charge in [-0.25, -0.2) is 0 Å². The van der Waals surface area contributed by atoms with Crippen molar-refractivity contribution in [2.24, 2.45) is 0 Å². The summed E-state index contributed by atoms with van der Waals surface area (Å²) >= 11 is 0. The monoisotopic (exact) mass is 317 g/mol. The van der Waals surface area contributed by atoms with Crippen molar-refractivity contribution in [2.45, 2.75) is 31.7 Å². The first-order valence-corrected chi connectivity index (χ1v) is 7.89. The normalized spacial score (nSPS) is 17.5. The van der Waals surface area contributed by atoms with Gasteiger partial charge >= 0.3 is 0 Å². The number of piperidine rings is 1. The Morgan fingerprint density at radius 2 is 1.64 bits per heavy atom. The van der Waals surface area contributed by atoms with Crippen LogP contribution in [0.25, 0.3) is 0 Å². The molecule has 1 aliphatic heterocycles. The van der Waals surface area contributed by atoms with E-state index in [-0.39, 0.29) is 12.4 Å². The summed E-state index contributed by atoms with van der Waals surface area (Å²) < 4.78 is 5.89. The molecular weight excluding hydrogens is 294 g/mol. The molecule has 2 nitrogen and oxygen atoms in total. The molecule has 3 heteroatoms. The van der Waals surface area contributed by atoms with E-state index in [9.17, 15) is 0 Å². The first kappa shape index (κ1) is 16.9. The average Bonchev–Trinajstić information content (AvgIpc) is 2.56. The van der Waals surface area contributed by atoms with Crippen molar-refractivity contribution in [3.63, 3.8) is 0 Å². The molecule has 1 aliphatic rings. The van der Waals surface area contributed by atoms with Crippen LogP contribution in [-0.2, 0) is 6.42 Å². The van der Waals surface area contributed by atoms with Crippen LogP contribution in [-0.4, -0.2) is 19.2 Å². The van der Waals surface area contributed by atoms with Gasteiger partial charge in [0.2, 0.25) is 0 Å². The molecular formula is C19H24ClNO. The number of benzene rings is 2. The summed E-state index contributed by atoms with van der Waals surface area (Å²) in [5.74, 6) is 0.971. The minimum Gasteiger partial charge on any atom is -0.492 e. The minimum atomic E-state index is 0. The lowest BCUT2D eigenvalue weighted by molar-refractivity contribution is 0.239. The van der Waals surface area contributed by atoms with Crippen molar-refractivity contribution >= 4 is 12.4 Å². The predicted octanol–water partition coefficient (Wildman–Crippen LogP) is 4.22. The van der Waals surface area contributed by atoms with Gasteiger partial charge in [-0.05, 0) is 49.1 Å². The van der Waals surface area contributed by atoms with Crippen LogP contribution in [0.1, 0.15) is 30.4 Å². The topological polar surface area (TPSA) is 21.3 Å². The Labute approximate surface area is 139 Å². The minimum absolute atomic E-state index is 0. The molecule has 3 rings (SSSR count). The zero-order valence-corrected chi connectivity index (χ0v) is 13.6. The molecule has 0 unspecified atom stereocenters. The molecule has 0 spiro atoms. The van der Waals surface area contributed by atoms with Gasteiger partial charge in [-0.1, -0.05) is 48.9 Å². The fourth-order valence-corrected chi connectivity index (χ4v) is 2.80. The highest BCUT2D eigenvalue weighted by molar-refractivity contribution is 5.85. The summed E-state index contributed by atoms with van der Waals surface area (Å²) in [5.41, 5.74) is 2.67.